The summed E-state index contributed by atoms with van der Waals surface area (Å²) in [5.74, 6) is 5.50. The summed E-state index contributed by atoms with van der Waals surface area (Å²) in [7, 11) is -3.55. The molecule has 0 spiro atoms. The molecule has 0 saturated carbocycles. The maximum atomic E-state index is 12.7. The molecule has 2 heterocycles. The third kappa shape index (κ3) is 2.90. The number of nitrogen functional groups attached to an aromatic ring is 1. The van der Waals surface area contributed by atoms with Crippen molar-refractivity contribution in [3.05, 3.63) is 17.3 Å². The average molecular weight is 319 g/mol. The molecule has 20 heavy (non-hydrogen) atoms. The van der Waals surface area contributed by atoms with Crippen molar-refractivity contribution in [2.24, 2.45) is 5.84 Å². The van der Waals surface area contributed by atoms with Gasteiger partial charge in [0.05, 0.1) is 5.02 Å². The minimum Gasteiger partial charge on any atom is -0.307 e. The highest BCUT2D eigenvalue weighted by Gasteiger charge is 2.32. The van der Waals surface area contributed by atoms with Gasteiger partial charge in [-0.25, -0.2) is 19.2 Å². The first-order valence-electron chi connectivity index (χ1n) is 6.64. The van der Waals surface area contributed by atoms with Crippen molar-refractivity contribution in [3.8, 4) is 0 Å². The quantitative estimate of drug-likeness (QED) is 0.654. The molecule has 1 aromatic rings. The highest BCUT2D eigenvalue weighted by Crippen LogP contribution is 2.29. The summed E-state index contributed by atoms with van der Waals surface area (Å²) in [5, 5.41) is 0.193. The van der Waals surface area contributed by atoms with E-state index >= 15 is 0 Å². The number of hydrazine groups is 1. The van der Waals surface area contributed by atoms with Gasteiger partial charge in [0.2, 0.25) is 10.0 Å². The summed E-state index contributed by atoms with van der Waals surface area (Å²) in [6.07, 6.45) is 4.96. The van der Waals surface area contributed by atoms with Crippen molar-refractivity contribution in [1.82, 2.24) is 9.29 Å². The van der Waals surface area contributed by atoms with Crippen LogP contribution in [0.2, 0.25) is 5.02 Å². The summed E-state index contributed by atoms with van der Waals surface area (Å²) in [6, 6.07) is 1.44. The molecule has 1 atom stereocenters. The molecule has 112 valence electrons. The van der Waals surface area contributed by atoms with Crippen molar-refractivity contribution < 1.29 is 8.42 Å². The number of nitrogens with one attached hydrogen (secondary N) is 1. The second kappa shape index (κ2) is 6.26. The molecule has 0 bridgehead atoms. The normalized spacial score (nSPS) is 20.9. The second-order valence-corrected chi connectivity index (χ2v) is 7.12. The number of hydrogen-bond acceptors (Lipinski definition) is 5. The summed E-state index contributed by atoms with van der Waals surface area (Å²) in [4.78, 5) is 4.05. The Kier molecular flexibility index (Phi) is 4.85. The molecule has 0 aromatic carbocycles. The highest BCUT2D eigenvalue weighted by atomic mass is 35.5. The Morgan fingerprint density at radius 1 is 1.55 bits per heavy atom. The number of hydrogen-bond donors (Lipinski definition) is 2. The summed E-state index contributed by atoms with van der Waals surface area (Å²) >= 11 is 5.96. The van der Waals surface area contributed by atoms with Crippen LogP contribution in [0.3, 0.4) is 0 Å². The number of pyridine rings is 1. The van der Waals surface area contributed by atoms with Gasteiger partial charge in [0.25, 0.3) is 0 Å². The first-order valence-corrected chi connectivity index (χ1v) is 8.46. The Morgan fingerprint density at radius 3 is 2.90 bits per heavy atom. The van der Waals surface area contributed by atoms with Gasteiger partial charge in [0.15, 0.2) is 5.82 Å². The van der Waals surface area contributed by atoms with Gasteiger partial charge < -0.3 is 5.43 Å². The fourth-order valence-corrected chi connectivity index (χ4v) is 4.53. The molecule has 1 saturated heterocycles. The molecule has 1 unspecified atom stereocenters. The van der Waals surface area contributed by atoms with Gasteiger partial charge in [0.1, 0.15) is 4.90 Å². The zero-order chi connectivity index (χ0) is 14.8. The minimum atomic E-state index is -3.55. The van der Waals surface area contributed by atoms with E-state index in [1.807, 2.05) is 6.92 Å². The molecule has 3 N–H and O–H groups in total. The van der Waals surface area contributed by atoms with Crippen LogP contribution in [0.4, 0.5) is 5.82 Å². The zero-order valence-corrected chi connectivity index (χ0v) is 12.9. The molecule has 1 fully saturated rings. The first-order chi connectivity index (χ1) is 9.50. The Balaban J connectivity index is 2.36. The predicted octanol–water partition coefficient (Wildman–Crippen LogP) is 1.97. The SMILES string of the molecule is CCC1CCCCN1S(=O)(=O)c1cnc(NN)c(Cl)c1. The van der Waals surface area contributed by atoms with Crippen molar-refractivity contribution in [3.63, 3.8) is 0 Å². The lowest BCUT2D eigenvalue weighted by Gasteiger charge is -2.34. The third-order valence-corrected chi connectivity index (χ3v) is 5.81. The van der Waals surface area contributed by atoms with Crippen LogP contribution in [-0.2, 0) is 10.0 Å². The third-order valence-electron chi connectivity index (χ3n) is 3.60. The minimum absolute atomic E-state index is 0.0554. The lowest BCUT2D eigenvalue weighted by molar-refractivity contribution is 0.246. The Bertz CT molecular complexity index is 579. The molecule has 0 aliphatic carbocycles. The van der Waals surface area contributed by atoms with Crippen LogP contribution in [0.15, 0.2) is 17.2 Å². The number of anilines is 1. The van der Waals surface area contributed by atoms with E-state index in [1.54, 1.807) is 4.31 Å². The van der Waals surface area contributed by atoms with E-state index in [1.165, 1.54) is 12.3 Å². The van der Waals surface area contributed by atoms with Crippen LogP contribution in [0.1, 0.15) is 32.6 Å². The maximum Gasteiger partial charge on any atom is 0.244 e. The van der Waals surface area contributed by atoms with Gasteiger partial charge in [-0.1, -0.05) is 24.9 Å². The van der Waals surface area contributed by atoms with Gasteiger partial charge in [-0.2, -0.15) is 4.31 Å². The number of sulfonamides is 1. The molecule has 2 rings (SSSR count). The van der Waals surface area contributed by atoms with E-state index in [0.717, 1.165) is 25.7 Å². The second-order valence-electron chi connectivity index (χ2n) is 4.82. The van der Waals surface area contributed by atoms with E-state index in [9.17, 15) is 8.42 Å². The number of aromatic nitrogens is 1. The topological polar surface area (TPSA) is 88.3 Å². The molecule has 8 heteroatoms. The molecule has 1 aliphatic rings. The average Bonchev–Trinajstić information content (AvgIpc) is 2.47. The first kappa shape index (κ1) is 15.5. The lowest BCUT2D eigenvalue weighted by atomic mass is 10.0. The monoisotopic (exact) mass is 318 g/mol. The highest BCUT2D eigenvalue weighted by molar-refractivity contribution is 7.89. The smallest absolute Gasteiger partial charge is 0.244 e. The Morgan fingerprint density at radius 2 is 2.30 bits per heavy atom. The summed E-state index contributed by atoms with van der Waals surface area (Å²) in [5.41, 5.74) is 2.32. The molecular weight excluding hydrogens is 300 g/mol. The standard InChI is InChI=1S/C12H19ClN4O2S/c1-2-9-5-3-4-6-17(9)20(18,19)10-7-11(13)12(16-14)15-8-10/h7-9H,2-6,14H2,1H3,(H,15,16). The summed E-state index contributed by atoms with van der Waals surface area (Å²) < 4.78 is 26.9. The Hall–Kier alpha value is -0.890. The molecule has 0 amide bonds. The van der Waals surface area contributed by atoms with Crippen LogP contribution >= 0.6 is 11.6 Å². The Labute approximate surface area is 124 Å². The van der Waals surface area contributed by atoms with E-state index in [2.05, 4.69) is 10.4 Å². The van der Waals surface area contributed by atoms with Crippen LogP contribution in [0.5, 0.6) is 0 Å². The van der Waals surface area contributed by atoms with Gasteiger partial charge >= 0.3 is 0 Å². The van der Waals surface area contributed by atoms with Crippen molar-refractivity contribution in [2.75, 3.05) is 12.0 Å². The number of piperidine rings is 1. The fourth-order valence-electron chi connectivity index (χ4n) is 2.50. The van der Waals surface area contributed by atoms with E-state index in [-0.39, 0.29) is 21.8 Å². The zero-order valence-electron chi connectivity index (χ0n) is 11.3. The number of halogens is 1. The lowest BCUT2D eigenvalue weighted by Crippen LogP contribution is -2.43. The van der Waals surface area contributed by atoms with Crippen molar-refractivity contribution in [1.29, 1.82) is 0 Å². The van der Waals surface area contributed by atoms with Gasteiger partial charge in [-0.3, -0.25) is 0 Å². The number of nitrogens with two attached hydrogens (primary N) is 1. The van der Waals surface area contributed by atoms with Crippen LogP contribution in [0.25, 0.3) is 0 Å². The molecule has 1 aromatic heterocycles. The van der Waals surface area contributed by atoms with Crippen molar-refractivity contribution >= 4 is 27.4 Å². The largest absolute Gasteiger partial charge is 0.307 e. The van der Waals surface area contributed by atoms with E-state index in [0.29, 0.717) is 6.54 Å². The number of nitrogens with zero attached hydrogens (tertiary/aromatic N) is 2. The van der Waals surface area contributed by atoms with E-state index < -0.39 is 10.0 Å². The van der Waals surface area contributed by atoms with Crippen LogP contribution in [-0.4, -0.2) is 30.3 Å². The van der Waals surface area contributed by atoms with E-state index in [4.69, 9.17) is 17.4 Å². The van der Waals surface area contributed by atoms with Crippen LogP contribution < -0.4 is 11.3 Å². The number of rotatable bonds is 4. The molecule has 6 nitrogen and oxygen atoms in total. The fraction of sp³-hybridized carbons (Fsp3) is 0.583. The molecular formula is C12H19ClN4O2S. The van der Waals surface area contributed by atoms with Crippen molar-refractivity contribution in [2.45, 2.75) is 43.5 Å². The molecule has 1 aliphatic heterocycles. The predicted molar refractivity (Wildman–Crippen MR) is 78.9 cm³/mol. The summed E-state index contributed by atoms with van der Waals surface area (Å²) in [6.45, 7) is 2.56. The van der Waals surface area contributed by atoms with Crippen LogP contribution in [0, 0.1) is 0 Å². The van der Waals surface area contributed by atoms with Gasteiger partial charge in [0, 0.05) is 18.8 Å². The van der Waals surface area contributed by atoms with Gasteiger partial charge in [-0.05, 0) is 25.3 Å². The van der Waals surface area contributed by atoms with Gasteiger partial charge in [-0.15, -0.1) is 0 Å². The molecule has 0 radical (unpaired) electrons. The maximum absolute atomic E-state index is 12.7.